The summed E-state index contributed by atoms with van der Waals surface area (Å²) < 4.78 is 18.3. The Balaban J connectivity index is 1.88. The summed E-state index contributed by atoms with van der Waals surface area (Å²) in [4.78, 5) is 4.41. The van der Waals surface area contributed by atoms with Crippen molar-refractivity contribution in [1.29, 1.82) is 0 Å². The van der Waals surface area contributed by atoms with Crippen LogP contribution in [0.15, 0.2) is 28.8 Å². The van der Waals surface area contributed by atoms with E-state index < -0.39 is 5.54 Å². The molecule has 2 atom stereocenters. The third-order valence-corrected chi connectivity index (χ3v) is 3.99. The highest BCUT2D eigenvalue weighted by Crippen LogP contribution is 2.37. The van der Waals surface area contributed by atoms with E-state index in [4.69, 9.17) is 10.3 Å². The van der Waals surface area contributed by atoms with E-state index in [-0.39, 0.29) is 5.82 Å². The largest absolute Gasteiger partial charge is 0.337 e. The Morgan fingerprint density at radius 1 is 1.35 bits per heavy atom. The summed E-state index contributed by atoms with van der Waals surface area (Å²) in [7, 11) is 0. The van der Waals surface area contributed by atoms with Crippen LogP contribution < -0.4 is 5.73 Å². The monoisotopic (exact) mass is 275 g/mol. The Morgan fingerprint density at radius 2 is 2.10 bits per heavy atom. The molecule has 1 aliphatic carbocycles. The molecule has 1 aromatic heterocycles. The van der Waals surface area contributed by atoms with E-state index in [2.05, 4.69) is 17.1 Å². The maximum absolute atomic E-state index is 12.9. The molecule has 1 aromatic carbocycles. The predicted octanol–water partition coefficient (Wildman–Crippen LogP) is 3.24. The zero-order chi connectivity index (χ0) is 14.2. The molecular formula is C15H18FN3O. The smallest absolute Gasteiger partial charge is 0.247 e. The van der Waals surface area contributed by atoms with E-state index in [0.717, 1.165) is 24.8 Å². The molecule has 1 aliphatic rings. The van der Waals surface area contributed by atoms with Gasteiger partial charge in [-0.3, -0.25) is 0 Å². The third kappa shape index (κ3) is 2.45. The average Bonchev–Trinajstić information content (AvgIpc) is 2.90. The van der Waals surface area contributed by atoms with Gasteiger partial charge in [0.1, 0.15) is 5.82 Å². The molecule has 2 aromatic rings. The highest BCUT2D eigenvalue weighted by Gasteiger charge is 2.37. The Kier molecular flexibility index (Phi) is 3.30. The molecule has 106 valence electrons. The van der Waals surface area contributed by atoms with Crippen LogP contribution in [0.2, 0.25) is 0 Å². The molecule has 2 unspecified atom stereocenters. The molecule has 0 aliphatic heterocycles. The first kappa shape index (κ1) is 13.2. The molecule has 0 spiro atoms. The molecule has 1 saturated carbocycles. The highest BCUT2D eigenvalue weighted by atomic mass is 19.1. The quantitative estimate of drug-likeness (QED) is 0.913. The van der Waals surface area contributed by atoms with Gasteiger partial charge in [-0.15, -0.1) is 0 Å². The topological polar surface area (TPSA) is 64.9 Å². The lowest BCUT2D eigenvalue weighted by Crippen LogP contribution is -2.41. The minimum Gasteiger partial charge on any atom is -0.337 e. The van der Waals surface area contributed by atoms with Crippen LogP contribution in [-0.4, -0.2) is 10.1 Å². The molecule has 4 nitrogen and oxygen atoms in total. The second-order valence-electron chi connectivity index (χ2n) is 5.79. The number of nitrogens with two attached hydrogens (primary N) is 1. The van der Waals surface area contributed by atoms with Crippen LogP contribution in [0.4, 0.5) is 4.39 Å². The van der Waals surface area contributed by atoms with Crippen LogP contribution in [-0.2, 0) is 5.54 Å². The highest BCUT2D eigenvalue weighted by molar-refractivity contribution is 5.53. The number of aromatic nitrogens is 2. The lowest BCUT2D eigenvalue weighted by molar-refractivity contribution is 0.183. The Labute approximate surface area is 117 Å². The van der Waals surface area contributed by atoms with Crippen molar-refractivity contribution in [3.8, 4) is 11.4 Å². The molecule has 20 heavy (non-hydrogen) atoms. The number of benzene rings is 1. The van der Waals surface area contributed by atoms with Gasteiger partial charge in [0.25, 0.3) is 0 Å². The van der Waals surface area contributed by atoms with Gasteiger partial charge in [0.15, 0.2) is 0 Å². The maximum atomic E-state index is 12.9. The van der Waals surface area contributed by atoms with Crippen LogP contribution in [0.5, 0.6) is 0 Å². The molecule has 0 saturated heterocycles. The molecule has 3 rings (SSSR count). The summed E-state index contributed by atoms with van der Waals surface area (Å²) in [6.45, 7) is 2.19. The first-order valence-corrected chi connectivity index (χ1v) is 6.96. The van der Waals surface area contributed by atoms with Crippen molar-refractivity contribution >= 4 is 0 Å². The number of hydrogen-bond donors (Lipinski definition) is 1. The number of hydrogen-bond acceptors (Lipinski definition) is 4. The van der Waals surface area contributed by atoms with Gasteiger partial charge in [-0.1, -0.05) is 24.9 Å². The van der Waals surface area contributed by atoms with Gasteiger partial charge in [0.2, 0.25) is 11.7 Å². The van der Waals surface area contributed by atoms with E-state index in [1.807, 2.05) is 0 Å². The summed E-state index contributed by atoms with van der Waals surface area (Å²) in [6, 6.07) is 6.03. The van der Waals surface area contributed by atoms with E-state index in [0.29, 0.717) is 17.6 Å². The first-order chi connectivity index (χ1) is 9.57. The van der Waals surface area contributed by atoms with E-state index in [1.54, 1.807) is 12.1 Å². The van der Waals surface area contributed by atoms with Crippen molar-refractivity contribution in [3.05, 3.63) is 36.0 Å². The van der Waals surface area contributed by atoms with Crippen molar-refractivity contribution in [2.75, 3.05) is 0 Å². The maximum Gasteiger partial charge on any atom is 0.247 e. The zero-order valence-corrected chi connectivity index (χ0v) is 11.5. The molecule has 1 fully saturated rings. The lowest BCUT2D eigenvalue weighted by atomic mass is 9.77. The second-order valence-corrected chi connectivity index (χ2v) is 5.79. The summed E-state index contributed by atoms with van der Waals surface area (Å²) in [5, 5.41) is 3.97. The zero-order valence-electron chi connectivity index (χ0n) is 11.5. The second kappa shape index (κ2) is 4.98. The average molecular weight is 275 g/mol. The molecular weight excluding hydrogens is 257 g/mol. The van der Waals surface area contributed by atoms with Crippen molar-refractivity contribution < 1.29 is 8.91 Å². The summed E-state index contributed by atoms with van der Waals surface area (Å²) >= 11 is 0. The van der Waals surface area contributed by atoms with Crippen LogP contribution >= 0.6 is 0 Å². The number of halogens is 1. The van der Waals surface area contributed by atoms with Gasteiger partial charge in [-0.05, 0) is 43.0 Å². The molecule has 0 bridgehead atoms. The van der Waals surface area contributed by atoms with Gasteiger partial charge >= 0.3 is 0 Å². The third-order valence-electron chi connectivity index (χ3n) is 3.99. The summed E-state index contributed by atoms with van der Waals surface area (Å²) in [5.41, 5.74) is 6.64. The standard InChI is InChI=1S/C15H18FN3O/c1-10-3-2-8-15(17,9-10)14-18-13(19-20-14)11-4-6-12(16)7-5-11/h4-7,10H,2-3,8-9,17H2,1H3. The van der Waals surface area contributed by atoms with Crippen LogP contribution in [0.25, 0.3) is 11.4 Å². The minimum atomic E-state index is -0.525. The van der Waals surface area contributed by atoms with Crippen LogP contribution in [0.1, 0.15) is 38.5 Å². The molecule has 0 amide bonds. The van der Waals surface area contributed by atoms with Crippen LogP contribution in [0, 0.1) is 11.7 Å². The Morgan fingerprint density at radius 3 is 2.80 bits per heavy atom. The van der Waals surface area contributed by atoms with Gasteiger partial charge in [0.05, 0.1) is 5.54 Å². The fraction of sp³-hybridized carbons (Fsp3) is 0.467. The van der Waals surface area contributed by atoms with Crippen molar-refractivity contribution in [1.82, 2.24) is 10.1 Å². The fourth-order valence-corrected chi connectivity index (χ4v) is 2.93. The van der Waals surface area contributed by atoms with E-state index in [1.165, 1.54) is 18.6 Å². The van der Waals surface area contributed by atoms with Crippen molar-refractivity contribution in [2.45, 2.75) is 38.1 Å². The summed E-state index contributed by atoms with van der Waals surface area (Å²) in [6.07, 6.45) is 3.99. The fourth-order valence-electron chi connectivity index (χ4n) is 2.93. The molecule has 0 radical (unpaired) electrons. The van der Waals surface area contributed by atoms with Gasteiger partial charge in [0, 0.05) is 5.56 Å². The van der Waals surface area contributed by atoms with Crippen LogP contribution in [0.3, 0.4) is 0 Å². The van der Waals surface area contributed by atoms with Crippen molar-refractivity contribution in [3.63, 3.8) is 0 Å². The van der Waals surface area contributed by atoms with Crippen molar-refractivity contribution in [2.24, 2.45) is 11.7 Å². The van der Waals surface area contributed by atoms with E-state index in [9.17, 15) is 4.39 Å². The minimum absolute atomic E-state index is 0.283. The molecule has 2 N–H and O–H groups in total. The van der Waals surface area contributed by atoms with Gasteiger partial charge < -0.3 is 10.3 Å². The summed E-state index contributed by atoms with van der Waals surface area (Å²) in [5.74, 6) is 1.23. The number of rotatable bonds is 2. The normalized spacial score (nSPS) is 26.6. The lowest BCUT2D eigenvalue weighted by Gasteiger charge is -2.33. The first-order valence-electron chi connectivity index (χ1n) is 6.96. The SMILES string of the molecule is CC1CCCC(N)(c2nc(-c3ccc(F)cc3)no2)C1. The molecule has 1 heterocycles. The Hall–Kier alpha value is -1.75. The predicted molar refractivity (Wildman–Crippen MR) is 73.2 cm³/mol. The van der Waals surface area contributed by atoms with E-state index >= 15 is 0 Å². The Bertz CT molecular complexity index is 595. The number of nitrogens with zero attached hydrogens (tertiary/aromatic N) is 2. The van der Waals surface area contributed by atoms with Gasteiger partial charge in [-0.25, -0.2) is 4.39 Å². The molecule has 5 heteroatoms. The van der Waals surface area contributed by atoms with Gasteiger partial charge in [-0.2, -0.15) is 4.98 Å².